The van der Waals surface area contributed by atoms with Gasteiger partial charge in [-0.1, -0.05) is 35.3 Å². The lowest BCUT2D eigenvalue weighted by Crippen LogP contribution is -2.52. The zero-order chi connectivity index (χ0) is 32.1. The molecule has 14 heteroatoms. The zero-order valence-corrected chi connectivity index (χ0v) is 26.5. The van der Waals surface area contributed by atoms with Crippen molar-refractivity contribution in [3.05, 3.63) is 92.0 Å². The number of carbonyl (C=O) groups excluding carboxylic acids is 2. The minimum Gasteiger partial charge on any atom is -0.497 e. The summed E-state index contributed by atoms with van der Waals surface area (Å²) in [5.41, 5.74) is 0.337. The summed E-state index contributed by atoms with van der Waals surface area (Å²) in [6.45, 7) is 5.58. The SMILES string of the molecule is COc1ccc(N(CC(=O)N(Cc2c(Cl)cccc2Cl)C(C)C(=O)NC(C)C)S(=O)(=O)c2ccc(C)c([N+](=O)[O-])c2)cc1. The predicted octanol–water partition coefficient (Wildman–Crippen LogP) is 5.36. The quantitative estimate of drug-likeness (QED) is 0.206. The third kappa shape index (κ3) is 7.95. The van der Waals surface area contributed by atoms with Crippen LogP contribution in [0.2, 0.25) is 10.0 Å². The van der Waals surface area contributed by atoms with Gasteiger partial charge >= 0.3 is 0 Å². The van der Waals surface area contributed by atoms with E-state index in [1.54, 1.807) is 32.0 Å². The van der Waals surface area contributed by atoms with Gasteiger partial charge < -0.3 is 15.0 Å². The summed E-state index contributed by atoms with van der Waals surface area (Å²) in [6.07, 6.45) is 0. The third-order valence-electron chi connectivity index (χ3n) is 6.59. The molecule has 2 amide bonds. The van der Waals surface area contributed by atoms with Gasteiger partial charge in [0.05, 0.1) is 22.6 Å². The smallest absolute Gasteiger partial charge is 0.273 e. The highest BCUT2D eigenvalue weighted by molar-refractivity contribution is 7.92. The molecule has 3 aromatic carbocycles. The Balaban J connectivity index is 2.13. The van der Waals surface area contributed by atoms with Gasteiger partial charge in [0.2, 0.25) is 11.8 Å². The largest absolute Gasteiger partial charge is 0.497 e. The van der Waals surface area contributed by atoms with Crippen LogP contribution in [0.1, 0.15) is 31.9 Å². The molecule has 0 saturated carbocycles. The number of carbonyl (C=O) groups is 2. The number of hydrogen-bond acceptors (Lipinski definition) is 7. The summed E-state index contributed by atoms with van der Waals surface area (Å²) in [5.74, 6) is -0.782. The molecule has 43 heavy (non-hydrogen) atoms. The lowest BCUT2D eigenvalue weighted by Gasteiger charge is -2.32. The van der Waals surface area contributed by atoms with Gasteiger partial charge in [0.15, 0.2) is 0 Å². The van der Waals surface area contributed by atoms with Crippen molar-refractivity contribution in [1.29, 1.82) is 0 Å². The number of rotatable bonds is 12. The number of benzene rings is 3. The lowest BCUT2D eigenvalue weighted by atomic mass is 10.1. The molecule has 0 radical (unpaired) electrons. The number of sulfonamides is 1. The molecule has 0 heterocycles. The number of methoxy groups -OCH3 is 1. The second-order valence-electron chi connectivity index (χ2n) is 9.98. The monoisotopic (exact) mass is 650 g/mol. The average Bonchev–Trinajstić information content (AvgIpc) is 2.95. The van der Waals surface area contributed by atoms with Gasteiger partial charge in [0.1, 0.15) is 18.3 Å². The molecule has 0 saturated heterocycles. The molecule has 0 aliphatic carbocycles. The molecular weight excluding hydrogens is 619 g/mol. The molecule has 11 nitrogen and oxygen atoms in total. The Hall–Kier alpha value is -3.87. The van der Waals surface area contributed by atoms with E-state index in [0.29, 0.717) is 11.3 Å². The fourth-order valence-electron chi connectivity index (χ4n) is 4.19. The second-order valence-corrected chi connectivity index (χ2v) is 12.7. The number of hydrogen-bond donors (Lipinski definition) is 1. The lowest BCUT2D eigenvalue weighted by molar-refractivity contribution is -0.385. The van der Waals surface area contributed by atoms with Gasteiger partial charge in [0.25, 0.3) is 15.7 Å². The summed E-state index contributed by atoms with van der Waals surface area (Å²) in [7, 11) is -3.10. The van der Waals surface area contributed by atoms with E-state index in [4.69, 9.17) is 27.9 Å². The fourth-order valence-corrected chi connectivity index (χ4v) is 6.14. The van der Waals surface area contributed by atoms with Gasteiger partial charge in [-0.2, -0.15) is 0 Å². The molecule has 1 unspecified atom stereocenters. The van der Waals surface area contributed by atoms with Crippen LogP contribution >= 0.6 is 23.2 Å². The van der Waals surface area contributed by atoms with E-state index in [-0.39, 0.29) is 38.8 Å². The van der Waals surface area contributed by atoms with E-state index >= 15 is 0 Å². The molecule has 0 fully saturated rings. The molecular formula is C29H32Cl2N4O7S. The van der Waals surface area contributed by atoms with Crippen LogP contribution in [0, 0.1) is 17.0 Å². The van der Waals surface area contributed by atoms with E-state index in [9.17, 15) is 28.1 Å². The van der Waals surface area contributed by atoms with Crippen molar-refractivity contribution in [3.63, 3.8) is 0 Å². The van der Waals surface area contributed by atoms with Crippen molar-refractivity contribution in [2.45, 2.75) is 51.2 Å². The molecule has 1 atom stereocenters. The predicted molar refractivity (Wildman–Crippen MR) is 165 cm³/mol. The second kappa shape index (κ2) is 14.1. The molecule has 0 aliphatic rings. The first kappa shape index (κ1) is 33.6. The van der Waals surface area contributed by atoms with Gasteiger partial charge in [-0.15, -0.1) is 0 Å². The van der Waals surface area contributed by atoms with Crippen LogP contribution in [0.5, 0.6) is 5.75 Å². The summed E-state index contributed by atoms with van der Waals surface area (Å²) >= 11 is 12.8. The Morgan fingerprint density at radius 3 is 2.16 bits per heavy atom. The maximum Gasteiger partial charge on any atom is 0.273 e. The molecule has 0 aliphatic heterocycles. The summed E-state index contributed by atoms with van der Waals surface area (Å²) < 4.78 is 34.1. The van der Waals surface area contributed by atoms with Crippen LogP contribution in [0.25, 0.3) is 0 Å². The average molecular weight is 652 g/mol. The van der Waals surface area contributed by atoms with Crippen LogP contribution < -0.4 is 14.4 Å². The molecule has 1 N–H and O–H groups in total. The Bertz CT molecular complexity index is 1600. The Labute approximate surface area is 260 Å². The fraction of sp³-hybridized carbons (Fsp3) is 0.310. The van der Waals surface area contributed by atoms with Crippen LogP contribution in [-0.4, -0.2) is 55.8 Å². The molecule has 230 valence electrons. The first-order valence-electron chi connectivity index (χ1n) is 13.1. The Kier molecular flexibility index (Phi) is 11.0. The minimum atomic E-state index is -4.54. The van der Waals surface area contributed by atoms with Crippen LogP contribution in [0.15, 0.2) is 65.6 Å². The first-order chi connectivity index (χ1) is 20.2. The topological polar surface area (TPSA) is 139 Å². The van der Waals surface area contributed by atoms with Gasteiger partial charge in [0, 0.05) is 39.8 Å². The maximum atomic E-state index is 14.0. The van der Waals surface area contributed by atoms with Gasteiger partial charge in [-0.25, -0.2) is 8.42 Å². The highest BCUT2D eigenvalue weighted by atomic mass is 35.5. The van der Waals surface area contributed by atoms with E-state index in [2.05, 4.69) is 5.32 Å². The molecule has 0 bridgehead atoms. The number of nitrogens with one attached hydrogen (secondary N) is 1. The van der Waals surface area contributed by atoms with Crippen LogP contribution in [-0.2, 0) is 26.2 Å². The zero-order valence-electron chi connectivity index (χ0n) is 24.2. The van der Waals surface area contributed by atoms with Crippen molar-refractivity contribution in [2.75, 3.05) is 18.0 Å². The number of anilines is 1. The molecule has 3 rings (SSSR count). The Morgan fingerprint density at radius 2 is 1.63 bits per heavy atom. The first-order valence-corrected chi connectivity index (χ1v) is 15.3. The van der Waals surface area contributed by atoms with Gasteiger partial charge in [-0.05, 0) is 70.2 Å². The van der Waals surface area contributed by atoms with Crippen molar-refractivity contribution < 1.29 is 27.7 Å². The molecule has 3 aromatic rings. The normalized spacial score (nSPS) is 12.0. The van der Waals surface area contributed by atoms with Crippen LogP contribution in [0.4, 0.5) is 11.4 Å². The highest BCUT2D eigenvalue weighted by Crippen LogP contribution is 2.31. The summed E-state index contributed by atoms with van der Waals surface area (Å²) in [6, 6.07) is 12.9. The minimum absolute atomic E-state index is 0.0902. The van der Waals surface area contributed by atoms with Crippen molar-refractivity contribution >= 4 is 56.4 Å². The number of aryl methyl sites for hydroxylation is 1. The summed E-state index contributed by atoms with van der Waals surface area (Å²) in [4.78, 5) is 38.8. The number of nitro groups is 1. The van der Waals surface area contributed by atoms with Crippen LogP contribution in [0.3, 0.4) is 0 Å². The number of ether oxygens (including phenoxy) is 1. The number of amides is 2. The number of nitrogens with zero attached hydrogens (tertiary/aromatic N) is 3. The van der Waals surface area contributed by atoms with E-state index in [1.807, 2.05) is 0 Å². The standard InChI is InChI=1S/C29H32Cl2N4O7S/c1-18(2)32-29(37)20(4)33(16-24-25(30)7-6-8-26(24)31)28(36)17-34(21-10-12-22(42-5)13-11-21)43(40,41)23-14-9-19(3)27(15-23)35(38)39/h6-15,18,20H,16-17H2,1-5H3,(H,32,37). The molecule has 0 spiro atoms. The number of halogens is 2. The maximum absolute atomic E-state index is 14.0. The van der Waals surface area contributed by atoms with Gasteiger partial charge in [-0.3, -0.25) is 24.0 Å². The van der Waals surface area contributed by atoms with E-state index < -0.39 is 45.0 Å². The van der Waals surface area contributed by atoms with E-state index in [0.717, 1.165) is 10.4 Å². The van der Waals surface area contributed by atoms with Crippen molar-refractivity contribution in [2.24, 2.45) is 0 Å². The Morgan fingerprint density at radius 1 is 1.02 bits per heavy atom. The number of nitro benzene ring substituents is 1. The highest BCUT2D eigenvalue weighted by Gasteiger charge is 2.34. The summed E-state index contributed by atoms with van der Waals surface area (Å²) in [5, 5.41) is 14.9. The van der Waals surface area contributed by atoms with Crippen molar-refractivity contribution in [1.82, 2.24) is 10.2 Å². The third-order valence-corrected chi connectivity index (χ3v) is 9.07. The van der Waals surface area contributed by atoms with E-state index in [1.165, 1.54) is 62.3 Å². The van der Waals surface area contributed by atoms with Crippen molar-refractivity contribution in [3.8, 4) is 5.75 Å². The molecule has 0 aromatic heterocycles.